The van der Waals surface area contributed by atoms with E-state index >= 15 is 0 Å². The van der Waals surface area contributed by atoms with E-state index in [0.29, 0.717) is 11.1 Å². The van der Waals surface area contributed by atoms with Gasteiger partial charge in [-0.05, 0) is 5.57 Å². The Morgan fingerprint density at radius 1 is 1.13 bits per heavy atom. The molecule has 1 saturated heterocycles. The van der Waals surface area contributed by atoms with Gasteiger partial charge in [0.15, 0.2) is 17.5 Å². The maximum absolute atomic E-state index is 13.4. The Morgan fingerprint density at radius 2 is 1.70 bits per heavy atom. The third-order valence-corrected chi connectivity index (χ3v) is 3.37. The molecule has 1 aromatic carbocycles. The Labute approximate surface area is 131 Å². The molecule has 1 aliphatic heterocycles. The Morgan fingerprint density at radius 3 is 2.17 bits per heavy atom. The van der Waals surface area contributed by atoms with Gasteiger partial charge in [0.05, 0.1) is 0 Å². The molecule has 0 N–H and O–H groups in total. The monoisotopic (exact) mass is 318 g/mol. The van der Waals surface area contributed by atoms with Crippen LogP contribution < -0.4 is 4.90 Å². The molecule has 118 valence electrons. The van der Waals surface area contributed by atoms with Crippen molar-refractivity contribution in [1.82, 2.24) is 4.90 Å². The summed E-state index contributed by atoms with van der Waals surface area (Å²) >= 11 is 0. The largest absolute Gasteiger partial charge is 0.383 e. The predicted octanol–water partition coefficient (Wildman–Crippen LogP) is 2.71. The third-order valence-electron chi connectivity index (χ3n) is 3.37. The number of benzene rings is 1. The van der Waals surface area contributed by atoms with Crippen LogP contribution in [0.2, 0.25) is 0 Å². The van der Waals surface area contributed by atoms with Crippen molar-refractivity contribution in [1.29, 1.82) is 10.5 Å². The second-order valence-electron chi connectivity index (χ2n) is 5.27. The van der Waals surface area contributed by atoms with Crippen molar-refractivity contribution in [3.05, 3.63) is 52.5 Å². The average Bonchev–Trinajstić information content (AvgIpc) is 2.89. The number of hydrogen-bond donors (Lipinski definition) is 0. The molecule has 2 rings (SSSR count). The summed E-state index contributed by atoms with van der Waals surface area (Å²) in [4.78, 5) is 3.32. The van der Waals surface area contributed by atoms with Crippen LogP contribution in [0.5, 0.6) is 0 Å². The maximum Gasteiger partial charge on any atom is 0.194 e. The summed E-state index contributed by atoms with van der Waals surface area (Å²) in [5.41, 5.74) is 1.28. The van der Waals surface area contributed by atoms with Gasteiger partial charge >= 0.3 is 0 Å². The standard InChI is InChI=1S/C16H13F3N4/c1-22(2)7-11-8-23(9-13(11)10(5-20)6-21)12-3-14(17)16(19)15(18)4-12/h3-4,7H,8-9H2,1-2H3. The first kappa shape index (κ1) is 16.4. The lowest BCUT2D eigenvalue weighted by molar-refractivity contribution is 0.447. The first-order valence-electron chi connectivity index (χ1n) is 6.67. The van der Waals surface area contributed by atoms with E-state index in [1.807, 2.05) is 12.1 Å². The van der Waals surface area contributed by atoms with Crippen LogP contribution in [0.1, 0.15) is 0 Å². The highest BCUT2D eigenvalue weighted by atomic mass is 19.2. The van der Waals surface area contributed by atoms with Gasteiger partial charge in [0.25, 0.3) is 0 Å². The first-order valence-corrected chi connectivity index (χ1v) is 6.67. The number of rotatable bonds is 2. The second kappa shape index (κ2) is 6.45. The minimum atomic E-state index is -1.53. The summed E-state index contributed by atoms with van der Waals surface area (Å²) in [5, 5.41) is 18.1. The molecule has 7 heteroatoms. The summed E-state index contributed by atoms with van der Waals surface area (Å²) in [6.45, 7) is 0.394. The highest BCUT2D eigenvalue weighted by molar-refractivity contribution is 5.61. The lowest BCUT2D eigenvalue weighted by Crippen LogP contribution is -2.19. The highest BCUT2D eigenvalue weighted by Crippen LogP contribution is 2.31. The molecular weight excluding hydrogens is 305 g/mol. The van der Waals surface area contributed by atoms with Gasteiger partial charge in [-0.25, -0.2) is 13.2 Å². The summed E-state index contributed by atoms with van der Waals surface area (Å²) in [6.07, 6.45) is 1.74. The van der Waals surface area contributed by atoms with E-state index in [9.17, 15) is 13.2 Å². The molecular formula is C16H13F3N4. The second-order valence-corrected chi connectivity index (χ2v) is 5.27. The molecule has 0 aliphatic carbocycles. The molecule has 0 bridgehead atoms. The van der Waals surface area contributed by atoms with E-state index in [4.69, 9.17) is 10.5 Å². The summed E-state index contributed by atoms with van der Waals surface area (Å²) in [5.74, 6) is -4.09. The molecule has 1 fully saturated rings. The Balaban J connectivity index is 2.48. The lowest BCUT2D eigenvalue weighted by Gasteiger charge is -2.17. The molecule has 0 spiro atoms. The topological polar surface area (TPSA) is 54.1 Å². The fraction of sp³-hybridized carbons (Fsp3) is 0.250. The van der Waals surface area contributed by atoms with Crippen LogP contribution in [0, 0.1) is 40.1 Å². The Bertz CT molecular complexity index is 742. The fourth-order valence-electron chi connectivity index (χ4n) is 2.39. The van der Waals surface area contributed by atoms with E-state index in [0.717, 1.165) is 12.1 Å². The molecule has 23 heavy (non-hydrogen) atoms. The number of nitrogens with zero attached hydrogens (tertiary/aromatic N) is 4. The van der Waals surface area contributed by atoms with Crippen LogP contribution in [-0.4, -0.2) is 32.1 Å². The van der Waals surface area contributed by atoms with Crippen LogP contribution in [0.4, 0.5) is 18.9 Å². The van der Waals surface area contributed by atoms with Crippen LogP contribution in [-0.2, 0) is 0 Å². The molecule has 0 unspecified atom stereocenters. The van der Waals surface area contributed by atoms with Crippen LogP contribution in [0.25, 0.3) is 0 Å². The van der Waals surface area contributed by atoms with Crippen molar-refractivity contribution in [2.75, 3.05) is 32.1 Å². The van der Waals surface area contributed by atoms with Crippen LogP contribution >= 0.6 is 0 Å². The fourth-order valence-corrected chi connectivity index (χ4v) is 2.39. The lowest BCUT2D eigenvalue weighted by atomic mass is 10.1. The quantitative estimate of drug-likeness (QED) is 0.621. The van der Waals surface area contributed by atoms with Crippen molar-refractivity contribution in [2.45, 2.75) is 0 Å². The van der Waals surface area contributed by atoms with E-state index in [-0.39, 0.29) is 24.4 Å². The SMILES string of the molecule is CN(C)C=C1CN(c2cc(F)c(F)c(F)c2)CC1=C(C#N)C#N. The maximum atomic E-state index is 13.4. The molecule has 0 saturated carbocycles. The van der Waals surface area contributed by atoms with Gasteiger partial charge in [0.1, 0.15) is 17.7 Å². The molecule has 1 aliphatic rings. The van der Waals surface area contributed by atoms with Gasteiger partial charge in [0, 0.05) is 56.8 Å². The zero-order valence-corrected chi connectivity index (χ0v) is 12.6. The van der Waals surface area contributed by atoms with E-state index in [1.165, 1.54) is 0 Å². The number of anilines is 1. The zero-order valence-electron chi connectivity index (χ0n) is 12.6. The van der Waals surface area contributed by atoms with Crippen LogP contribution in [0.3, 0.4) is 0 Å². The van der Waals surface area contributed by atoms with Gasteiger partial charge in [-0.15, -0.1) is 0 Å². The highest BCUT2D eigenvalue weighted by Gasteiger charge is 2.27. The molecule has 0 amide bonds. The molecule has 4 nitrogen and oxygen atoms in total. The smallest absolute Gasteiger partial charge is 0.194 e. The van der Waals surface area contributed by atoms with Crippen molar-refractivity contribution in [3.8, 4) is 12.1 Å². The molecule has 1 heterocycles. The van der Waals surface area contributed by atoms with Gasteiger partial charge in [-0.2, -0.15) is 10.5 Å². The zero-order chi connectivity index (χ0) is 17.1. The van der Waals surface area contributed by atoms with E-state index in [2.05, 4.69) is 0 Å². The number of halogens is 3. The summed E-state index contributed by atoms with van der Waals surface area (Å²) in [7, 11) is 3.56. The van der Waals surface area contributed by atoms with E-state index in [1.54, 1.807) is 30.1 Å². The van der Waals surface area contributed by atoms with Crippen molar-refractivity contribution in [3.63, 3.8) is 0 Å². The summed E-state index contributed by atoms with van der Waals surface area (Å²) < 4.78 is 39.9. The van der Waals surface area contributed by atoms with Crippen molar-refractivity contribution < 1.29 is 13.2 Å². The average molecular weight is 318 g/mol. The number of hydrogen-bond acceptors (Lipinski definition) is 4. The Hall–Kier alpha value is -2.93. The van der Waals surface area contributed by atoms with Crippen molar-refractivity contribution >= 4 is 5.69 Å². The molecule has 0 radical (unpaired) electrons. The third kappa shape index (κ3) is 3.29. The minimum Gasteiger partial charge on any atom is -0.383 e. The minimum absolute atomic E-state index is 0.0522. The predicted molar refractivity (Wildman–Crippen MR) is 78.6 cm³/mol. The van der Waals surface area contributed by atoms with Crippen molar-refractivity contribution in [2.24, 2.45) is 0 Å². The first-order chi connectivity index (χ1) is 10.9. The van der Waals surface area contributed by atoms with Gasteiger partial charge in [0.2, 0.25) is 0 Å². The molecule has 0 atom stereocenters. The normalized spacial score (nSPS) is 15.5. The number of nitriles is 2. The molecule has 0 aromatic heterocycles. The van der Waals surface area contributed by atoms with Gasteiger partial charge in [-0.3, -0.25) is 0 Å². The van der Waals surface area contributed by atoms with Gasteiger partial charge < -0.3 is 9.80 Å². The van der Waals surface area contributed by atoms with Crippen LogP contribution in [0.15, 0.2) is 35.1 Å². The van der Waals surface area contributed by atoms with E-state index < -0.39 is 17.5 Å². The summed E-state index contributed by atoms with van der Waals surface area (Å²) in [6, 6.07) is 5.44. The number of allylic oxidation sites excluding steroid dienone is 1. The Kier molecular flexibility index (Phi) is 4.61. The molecule has 1 aromatic rings. The van der Waals surface area contributed by atoms with Gasteiger partial charge in [-0.1, -0.05) is 0 Å².